The highest BCUT2D eigenvalue weighted by molar-refractivity contribution is 5.92. The number of benzene rings is 1. The van der Waals surface area contributed by atoms with E-state index in [2.05, 4.69) is 20.8 Å². The zero-order valence-corrected chi connectivity index (χ0v) is 14.0. The topological polar surface area (TPSA) is 63.5 Å². The summed E-state index contributed by atoms with van der Waals surface area (Å²) in [5.74, 6) is -0.0175. The molecule has 0 atom stereocenters. The van der Waals surface area contributed by atoms with Crippen molar-refractivity contribution >= 4 is 17.7 Å². The van der Waals surface area contributed by atoms with Crippen molar-refractivity contribution in [3.8, 4) is 0 Å². The molecule has 1 amide bonds. The summed E-state index contributed by atoms with van der Waals surface area (Å²) in [6.45, 7) is 7.75. The van der Waals surface area contributed by atoms with Crippen LogP contribution >= 0.6 is 0 Å². The van der Waals surface area contributed by atoms with Gasteiger partial charge in [0, 0.05) is 31.3 Å². The maximum atomic E-state index is 12.3. The van der Waals surface area contributed by atoms with E-state index in [1.165, 1.54) is 12.5 Å². The first-order valence-corrected chi connectivity index (χ1v) is 8.05. The van der Waals surface area contributed by atoms with Gasteiger partial charge in [0.05, 0.1) is 4.92 Å². The average Bonchev–Trinajstić information content (AvgIpc) is 2.52. The highest BCUT2D eigenvalue weighted by Crippen LogP contribution is 2.29. The molecule has 23 heavy (non-hydrogen) atoms. The van der Waals surface area contributed by atoms with E-state index in [9.17, 15) is 14.9 Å². The van der Waals surface area contributed by atoms with Crippen molar-refractivity contribution in [3.63, 3.8) is 0 Å². The smallest absolute Gasteiger partial charge is 0.270 e. The number of piperidine rings is 1. The van der Waals surface area contributed by atoms with Crippen LogP contribution in [-0.2, 0) is 10.2 Å². The Morgan fingerprint density at radius 2 is 1.87 bits per heavy atom. The second-order valence-corrected chi connectivity index (χ2v) is 7.00. The van der Waals surface area contributed by atoms with Crippen LogP contribution in [0.5, 0.6) is 0 Å². The Bertz CT molecular complexity index is 624. The van der Waals surface area contributed by atoms with Crippen LogP contribution in [0.3, 0.4) is 0 Å². The molecule has 5 heteroatoms. The Morgan fingerprint density at radius 1 is 1.22 bits per heavy atom. The van der Waals surface area contributed by atoms with E-state index in [0.717, 1.165) is 37.1 Å². The van der Waals surface area contributed by atoms with Crippen LogP contribution in [0, 0.1) is 10.1 Å². The van der Waals surface area contributed by atoms with Crippen LogP contribution in [0.4, 0.5) is 5.69 Å². The van der Waals surface area contributed by atoms with Gasteiger partial charge in [0.2, 0.25) is 5.91 Å². The lowest BCUT2D eigenvalue weighted by atomic mass is 9.83. The molecule has 2 rings (SSSR count). The fraction of sp³-hybridized carbons (Fsp3) is 0.500. The molecular weight excluding hydrogens is 292 g/mol. The van der Waals surface area contributed by atoms with E-state index in [1.54, 1.807) is 24.3 Å². The van der Waals surface area contributed by atoms with Gasteiger partial charge in [0.15, 0.2) is 0 Å². The van der Waals surface area contributed by atoms with Crippen molar-refractivity contribution in [1.82, 2.24) is 4.90 Å². The van der Waals surface area contributed by atoms with Crippen molar-refractivity contribution in [1.29, 1.82) is 0 Å². The van der Waals surface area contributed by atoms with Gasteiger partial charge in [0.1, 0.15) is 0 Å². The number of nitro benzene ring substituents is 1. The van der Waals surface area contributed by atoms with Gasteiger partial charge < -0.3 is 4.90 Å². The molecule has 0 radical (unpaired) electrons. The lowest BCUT2D eigenvalue weighted by Gasteiger charge is -2.25. The molecule has 1 aromatic rings. The zero-order chi connectivity index (χ0) is 17.0. The van der Waals surface area contributed by atoms with Crippen LogP contribution in [0.15, 0.2) is 24.3 Å². The Morgan fingerprint density at radius 3 is 2.43 bits per heavy atom. The molecule has 1 fully saturated rings. The molecule has 5 nitrogen and oxygen atoms in total. The number of likely N-dealkylation sites (tertiary alicyclic amines) is 1. The minimum absolute atomic E-state index is 0.0175. The molecule has 1 aromatic carbocycles. The SMILES string of the molecule is CC(C)(C)c1ccc([N+](=O)[O-])cc1C=CC(=O)N1CCCCC1. The van der Waals surface area contributed by atoms with Crippen molar-refractivity contribution in [2.24, 2.45) is 0 Å². The summed E-state index contributed by atoms with van der Waals surface area (Å²) >= 11 is 0. The summed E-state index contributed by atoms with van der Waals surface area (Å²) in [5, 5.41) is 11.0. The Labute approximate surface area is 137 Å². The highest BCUT2D eigenvalue weighted by Gasteiger charge is 2.20. The first kappa shape index (κ1) is 17.2. The summed E-state index contributed by atoms with van der Waals surface area (Å²) in [5.41, 5.74) is 1.62. The largest absolute Gasteiger partial charge is 0.339 e. The maximum Gasteiger partial charge on any atom is 0.270 e. The molecule has 0 bridgehead atoms. The summed E-state index contributed by atoms with van der Waals surface area (Å²) in [7, 11) is 0. The minimum atomic E-state index is -0.407. The van der Waals surface area contributed by atoms with Crippen LogP contribution in [-0.4, -0.2) is 28.8 Å². The zero-order valence-electron chi connectivity index (χ0n) is 14.0. The fourth-order valence-corrected chi connectivity index (χ4v) is 2.87. The lowest BCUT2D eigenvalue weighted by Crippen LogP contribution is -2.34. The second-order valence-electron chi connectivity index (χ2n) is 7.00. The summed E-state index contributed by atoms with van der Waals surface area (Å²) in [6, 6.07) is 4.84. The molecule has 0 aliphatic carbocycles. The van der Waals surface area contributed by atoms with Crippen molar-refractivity contribution in [3.05, 3.63) is 45.5 Å². The maximum absolute atomic E-state index is 12.3. The molecule has 1 aliphatic heterocycles. The molecule has 1 aliphatic rings. The predicted molar refractivity (Wildman–Crippen MR) is 91.3 cm³/mol. The standard InChI is InChI=1S/C18H24N2O3/c1-18(2,3)16-9-8-15(20(22)23)13-14(16)7-10-17(21)19-11-5-4-6-12-19/h7-10,13H,4-6,11-12H2,1-3H3. The summed E-state index contributed by atoms with van der Waals surface area (Å²) < 4.78 is 0. The van der Waals surface area contributed by atoms with Gasteiger partial charge in [-0.2, -0.15) is 0 Å². The number of nitro groups is 1. The van der Waals surface area contributed by atoms with Gasteiger partial charge in [0.25, 0.3) is 5.69 Å². The van der Waals surface area contributed by atoms with Gasteiger partial charge in [-0.3, -0.25) is 14.9 Å². The van der Waals surface area contributed by atoms with E-state index in [-0.39, 0.29) is 17.0 Å². The van der Waals surface area contributed by atoms with Gasteiger partial charge in [-0.25, -0.2) is 0 Å². The number of hydrogen-bond donors (Lipinski definition) is 0. The van der Waals surface area contributed by atoms with Crippen molar-refractivity contribution in [2.45, 2.75) is 45.4 Å². The highest BCUT2D eigenvalue weighted by atomic mass is 16.6. The lowest BCUT2D eigenvalue weighted by molar-refractivity contribution is -0.384. The van der Waals surface area contributed by atoms with Crippen LogP contribution in [0.1, 0.15) is 51.2 Å². The second kappa shape index (κ2) is 6.94. The molecule has 0 N–H and O–H groups in total. The van der Waals surface area contributed by atoms with E-state index in [4.69, 9.17) is 0 Å². The van der Waals surface area contributed by atoms with Gasteiger partial charge >= 0.3 is 0 Å². The Kier molecular flexibility index (Phi) is 5.19. The van der Waals surface area contributed by atoms with Gasteiger partial charge in [-0.05, 0) is 41.9 Å². The van der Waals surface area contributed by atoms with Crippen LogP contribution in [0.2, 0.25) is 0 Å². The molecule has 0 unspecified atom stereocenters. The Hall–Kier alpha value is -2.17. The quantitative estimate of drug-likeness (QED) is 0.482. The molecular formula is C18H24N2O3. The summed E-state index contributed by atoms with van der Waals surface area (Å²) in [6.07, 6.45) is 6.52. The van der Waals surface area contributed by atoms with E-state index in [1.807, 2.05) is 4.90 Å². The van der Waals surface area contributed by atoms with Gasteiger partial charge in [-0.1, -0.05) is 26.8 Å². The molecule has 124 valence electrons. The average molecular weight is 316 g/mol. The van der Waals surface area contributed by atoms with Gasteiger partial charge in [-0.15, -0.1) is 0 Å². The number of nitrogens with zero attached hydrogens (tertiary/aromatic N) is 2. The number of amides is 1. The third-order valence-electron chi connectivity index (χ3n) is 4.13. The summed E-state index contributed by atoms with van der Waals surface area (Å²) in [4.78, 5) is 24.7. The normalized spacial score (nSPS) is 15.9. The predicted octanol–water partition coefficient (Wildman–Crippen LogP) is 3.92. The van der Waals surface area contributed by atoms with Crippen molar-refractivity contribution < 1.29 is 9.72 Å². The minimum Gasteiger partial charge on any atom is -0.339 e. The molecule has 0 spiro atoms. The van der Waals surface area contributed by atoms with Crippen LogP contribution < -0.4 is 0 Å². The molecule has 1 saturated heterocycles. The van der Waals surface area contributed by atoms with Crippen LogP contribution in [0.25, 0.3) is 6.08 Å². The first-order chi connectivity index (χ1) is 10.8. The van der Waals surface area contributed by atoms with E-state index >= 15 is 0 Å². The van der Waals surface area contributed by atoms with Crippen molar-refractivity contribution in [2.75, 3.05) is 13.1 Å². The number of carbonyl (C=O) groups excluding carboxylic acids is 1. The number of carbonyl (C=O) groups is 1. The third kappa shape index (κ3) is 4.41. The number of non-ortho nitro benzene ring substituents is 1. The fourth-order valence-electron chi connectivity index (χ4n) is 2.87. The first-order valence-electron chi connectivity index (χ1n) is 8.05. The number of rotatable bonds is 3. The monoisotopic (exact) mass is 316 g/mol. The number of hydrogen-bond acceptors (Lipinski definition) is 3. The molecule has 1 heterocycles. The molecule has 0 aromatic heterocycles. The Balaban J connectivity index is 2.28. The van der Waals surface area contributed by atoms with E-state index in [0.29, 0.717) is 0 Å². The van der Waals surface area contributed by atoms with E-state index < -0.39 is 4.92 Å². The third-order valence-corrected chi connectivity index (χ3v) is 4.13. The molecule has 0 saturated carbocycles.